The minimum Gasteiger partial charge on any atom is -0.506 e. The first-order valence-electron chi connectivity index (χ1n) is 8.57. The molecule has 0 atom stereocenters. The Morgan fingerprint density at radius 3 is 2.46 bits per heavy atom. The van der Waals surface area contributed by atoms with Gasteiger partial charge < -0.3 is 25.0 Å². The van der Waals surface area contributed by atoms with Crippen molar-refractivity contribution in [2.45, 2.75) is 6.54 Å². The molecule has 0 aliphatic carbocycles. The van der Waals surface area contributed by atoms with Gasteiger partial charge in [0, 0.05) is 23.7 Å². The monoisotopic (exact) mass is 382 g/mol. The molecule has 0 bridgehead atoms. The number of nitrogens with zero attached hydrogens (tertiary/aromatic N) is 1. The van der Waals surface area contributed by atoms with E-state index in [2.05, 4.69) is 5.32 Å². The van der Waals surface area contributed by atoms with Crippen LogP contribution in [0.25, 0.3) is 6.08 Å². The number of aromatic hydroxyl groups is 2. The highest BCUT2D eigenvalue weighted by Gasteiger charge is 2.43. The van der Waals surface area contributed by atoms with Gasteiger partial charge in [-0.05, 0) is 12.1 Å². The number of ether oxygens (including phenoxy) is 2. The summed E-state index contributed by atoms with van der Waals surface area (Å²) in [5.41, 5.74) is 0.717. The van der Waals surface area contributed by atoms with Gasteiger partial charge >= 0.3 is 0 Å². The van der Waals surface area contributed by atoms with Gasteiger partial charge in [0.15, 0.2) is 5.75 Å². The van der Waals surface area contributed by atoms with Gasteiger partial charge in [-0.1, -0.05) is 12.2 Å². The first-order valence-corrected chi connectivity index (χ1v) is 8.57. The second-order valence-electron chi connectivity index (χ2n) is 6.39. The molecular formula is C20H18N2O6. The van der Waals surface area contributed by atoms with Crippen LogP contribution in [0.4, 0.5) is 5.69 Å². The van der Waals surface area contributed by atoms with Crippen molar-refractivity contribution in [3.8, 4) is 23.0 Å². The summed E-state index contributed by atoms with van der Waals surface area (Å²) in [6.45, 7) is 0.361. The lowest BCUT2D eigenvalue weighted by Crippen LogP contribution is -2.29. The van der Waals surface area contributed by atoms with Crippen molar-refractivity contribution in [3.05, 3.63) is 46.5 Å². The molecule has 4 rings (SSSR count). The van der Waals surface area contributed by atoms with Crippen molar-refractivity contribution in [2.75, 3.05) is 26.1 Å². The molecule has 0 unspecified atom stereocenters. The Kier molecular flexibility index (Phi) is 4.11. The highest BCUT2D eigenvalue weighted by Crippen LogP contribution is 2.47. The number of phenolic OH excluding ortho intramolecular Hbond substituents is 2. The first kappa shape index (κ1) is 17.7. The lowest BCUT2D eigenvalue weighted by molar-refractivity contribution is 0.0640. The number of nitrogens with one attached hydrogen (secondary N) is 1. The van der Waals surface area contributed by atoms with E-state index in [1.165, 1.54) is 14.2 Å². The number of amides is 2. The van der Waals surface area contributed by atoms with Gasteiger partial charge in [-0.15, -0.1) is 0 Å². The van der Waals surface area contributed by atoms with Gasteiger partial charge in [0.25, 0.3) is 11.8 Å². The van der Waals surface area contributed by atoms with E-state index in [-0.39, 0.29) is 40.4 Å². The summed E-state index contributed by atoms with van der Waals surface area (Å²) in [5, 5.41) is 24.1. The molecular weight excluding hydrogens is 364 g/mol. The highest BCUT2D eigenvalue weighted by atomic mass is 16.5. The van der Waals surface area contributed by atoms with Crippen LogP contribution in [-0.2, 0) is 6.54 Å². The summed E-state index contributed by atoms with van der Waals surface area (Å²) in [6, 6.07) is 5.03. The fourth-order valence-corrected chi connectivity index (χ4v) is 3.50. The number of carbonyl (C=O) groups excluding carboxylic acids is 2. The molecule has 2 aliphatic rings. The van der Waals surface area contributed by atoms with Crippen LogP contribution in [0.1, 0.15) is 31.8 Å². The van der Waals surface area contributed by atoms with Crippen molar-refractivity contribution in [1.82, 2.24) is 4.90 Å². The zero-order chi connectivity index (χ0) is 20.0. The van der Waals surface area contributed by atoms with Crippen LogP contribution in [0.3, 0.4) is 0 Å². The summed E-state index contributed by atoms with van der Waals surface area (Å²) >= 11 is 0. The van der Waals surface area contributed by atoms with E-state index in [9.17, 15) is 19.8 Å². The molecule has 8 heteroatoms. The molecule has 8 nitrogen and oxygen atoms in total. The normalized spacial score (nSPS) is 14.6. The lowest BCUT2D eigenvalue weighted by atomic mass is 9.98. The number of imide groups is 1. The van der Waals surface area contributed by atoms with Crippen LogP contribution < -0.4 is 14.8 Å². The Morgan fingerprint density at radius 1 is 1.07 bits per heavy atom. The van der Waals surface area contributed by atoms with Gasteiger partial charge in [0.2, 0.25) is 0 Å². The number of carbonyl (C=O) groups is 2. The van der Waals surface area contributed by atoms with Crippen molar-refractivity contribution in [1.29, 1.82) is 0 Å². The van der Waals surface area contributed by atoms with E-state index in [1.807, 2.05) is 0 Å². The quantitative estimate of drug-likeness (QED) is 0.423. The first-order chi connectivity index (χ1) is 13.5. The minimum atomic E-state index is -0.676. The minimum absolute atomic E-state index is 0.0771. The van der Waals surface area contributed by atoms with Crippen LogP contribution in [0, 0.1) is 0 Å². The van der Waals surface area contributed by atoms with Crippen LogP contribution in [0.2, 0.25) is 0 Å². The predicted molar refractivity (Wildman–Crippen MR) is 101 cm³/mol. The van der Waals surface area contributed by atoms with Gasteiger partial charge in [-0.2, -0.15) is 0 Å². The smallest absolute Gasteiger partial charge is 0.265 e. The molecule has 144 valence electrons. The third-order valence-corrected chi connectivity index (χ3v) is 4.91. The van der Waals surface area contributed by atoms with E-state index in [0.29, 0.717) is 23.6 Å². The van der Waals surface area contributed by atoms with E-state index >= 15 is 0 Å². The molecule has 2 amide bonds. The fourth-order valence-electron chi connectivity index (χ4n) is 3.50. The summed E-state index contributed by atoms with van der Waals surface area (Å²) in [4.78, 5) is 26.8. The van der Waals surface area contributed by atoms with E-state index < -0.39 is 11.8 Å². The number of methoxy groups -OCH3 is 2. The molecule has 28 heavy (non-hydrogen) atoms. The number of phenols is 2. The Labute approximate surface area is 160 Å². The number of fused-ring (bicyclic) bond motifs is 2. The standard InChI is InChI=1S/C20H18N2O6/c1-27-11-6-5-10(13(8-11)28-2)9-22-19(25)14-15(20(22)26)18(24)16-12(17(14)23)4-3-7-21-16/h3-6,8,21,23-24H,7,9H2,1-2H3. The Hall–Kier alpha value is -3.68. The topological polar surface area (TPSA) is 108 Å². The largest absolute Gasteiger partial charge is 0.506 e. The molecule has 2 aromatic carbocycles. The molecule has 0 fully saturated rings. The summed E-state index contributed by atoms with van der Waals surface area (Å²) in [6.07, 6.45) is 3.35. The third-order valence-electron chi connectivity index (χ3n) is 4.91. The van der Waals surface area contributed by atoms with Gasteiger partial charge in [0.05, 0.1) is 32.0 Å². The van der Waals surface area contributed by atoms with Gasteiger partial charge in [-0.25, -0.2) is 0 Å². The SMILES string of the molecule is COc1ccc(CN2C(=O)c3c(O)c4c(c(O)c3C2=O)NCC=C4)c(OC)c1. The second kappa shape index (κ2) is 6.49. The van der Waals surface area contributed by atoms with Crippen molar-refractivity contribution < 1.29 is 29.3 Å². The predicted octanol–water partition coefficient (Wildman–Crippen LogP) is 2.35. The van der Waals surface area contributed by atoms with Gasteiger partial charge in [0.1, 0.15) is 22.8 Å². The van der Waals surface area contributed by atoms with Gasteiger partial charge in [-0.3, -0.25) is 14.5 Å². The third kappa shape index (κ3) is 2.45. The maximum Gasteiger partial charge on any atom is 0.265 e. The van der Waals surface area contributed by atoms with Crippen LogP contribution in [0.5, 0.6) is 23.0 Å². The van der Waals surface area contributed by atoms with E-state index in [0.717, 1.165) is 4.90 Å². The molecule has 0 aromatic heterocycles. The molecule has 0 saturated carbocycles. The van der Waals surface area contributed by atoms with Crippen LogP contribution >= 0.6 is 0 Å². The molecule has 2 aromatic rings. The van der Waals surface area contributed by atoms with Crippen molar-refractivity contribution in [2.24, 2.45) is 0 Å². The Morgan fingerprint density at radius 2 is 1.79 bits per heavy atom. The number of hydrogen-bond donors (Lipinski definition) is 3. The molecule has 2 aliphatic heterocycles. The zero-order valence-electron chi connectivity index (χ0n) is 15.3. The van der Waals surface area contributed by atoms with E-state index in [1.54, 1.807) is 30.4 Å². The number of anilines is 1. The summed E-state index contributed by atoms with van der Waals surface area (Å²) < 4.78 is 10.5. The molecule has 0 saturated heterocycles. The average molecular weight is 382 g/mol. The van der Waals surface area contributed by atoms with Crippen molar-refractivity contribution >= 4 is 23.6 Å². The maximum absolute atomic E-state index is 12.9. The van der Waals surface area contributed by atoms with E-state index in [4.69, 9.17) is 9.47 Å². The Bertz CT molecular complexity index is 1040. The molecule has 0 radical (unpaired) electrons. The lowest BCUT2D eigenvalue weighted by Gasteiger charge is -2.17. The highest BCUT2D eigenvalue weighted by molar-refractivity contribution is 6.25. The summed E-state index contributed by atoms with van der Waals surface area (Å²) in [5.74, 6) is -0.988. The number of rotatable bonds is 4. The van der Waals surface area contributed by atoms with Crippen molar-refractivity contribution in [3.63, 3.8) is 0 Å². The van der Waals surface area contributed by atoms with Crippen LogP contribution in [0.15, 0.2) is 24.3 Å². The zero-order valence-corrected chi connectivity index (χ0v) is 15.3. The molecule has 3 N–H and O–H groups in total. The average Bonchev–Trinajstić information content (AvgIpc) is 2.97. The van der Waals surface area contributed by atoms with Crippen LogP contribution in [-0.4, -0.2) is 47.7 Å². The summed E-state index contributed by atoms with van der Waals surface area (Å²) in [7, 11) is 3.00. The Balaban J connectivity index is 1.77. The fraction of sp³-hybridized carbons (Fsp3) is 0.200. The second-order valence-corrected chi connectivity index (χ2v) is 6.39. The molecule has 0 spiro atoms. The maximum atomic E-state index is 12.9. The molecule has 2 heterocycles. The number of benzene rings is 2. The number of hydrogen-bond acceptors (Lipinski definition) is 7.